The van der Waals surface area contributed by atoms with Crippen molar-refractivity contribution in [2.75, 3.05) is 31.4 Å². The van der Waals surface area contributed by atoms with Crippen LogP contribution >= 0.6 is 11.8 Å². The van der Waals surface area contributed by atoms with Gasteiger partial charge in [-0.2, -0.15) is 0 Å². The molecule has 1 aliphatic heterocycles. The number of benzene rings is 1. The molecule has 20 heavy (non-hydrogen) atoms. The number of likely N-dealkylation sites (N-methyl/N-ethyl adjacent to an activating group) is 1. The Morgan fingerprint density at radius 3 is 3.00 bits per heavy atom. The van der Waals surface area contributed by atoms with E-state index in [1.54, 1.807) is 11.8 Å². The fourth-order valence-electron chi connectivity index (χ4n) is 2.51. The first-order chi connectivity index (χ1) is 9.67. The maximum atomic E-state index is 9.01. The van der Waals surface area contributed by atoms with Crippen LogP contribution in [0.1, 0.15) is 18.4 Å². The van der Waals surface area contributed by atoms with Gasteiger partial charge in [-0.3, -0.25) is 0 Å². The van der Waals surface area contributed by atoms with E-state index in [0.29, 0.717) is 0 Å². The molecule has 0 amide bonds. The molecule has 110 valence electrons. The van der Waals surface area contributed by atoms with Crippen LogP contribution < -0.4 is 10.6 Å². The molecule has 0 aliphatic carbocycles. The van der Waals surface area contributed by atoms with Gasteiger partial charge in [0.05, 0.1) is 11.7 Å². The Balaban J connectivity index is 2.29. The van der Waals surface area contributed by atoms with Gasteiger partial charge < -0.3 is 20.6 Å². The minimum atomic E-state index is 0.143. The maximum absolute atomic E-state index is 9.01. The van der Waals surface area contributed by atoms with Crippen LogP contribution in [0.2, 0.25) is 0 Å². The Morgan fingerprint density at radius 2 is 2.40 bits per heavy atom. The van der Waals surface area contributed by atoms with Crippen molar-refractivity contribution < 1.29 is 9.94 Å². The van der Waals surface area contributed by atoms with Crippen molar-refractivity contribution in [2.24, 2.45) is 10.9 Å². The molecule has 6 heteroatoms. The Hall–Kier alpha value is -1.40. The van der Waals surface area contributed by atoms with Crippen molar-refractivity contribution in [3.63, 3.8) is 0 Å². The molecule has 5 nitrogen and oxygen atoms in total. The number of oxime groups is 1. The van der Waals surface area contributed by atoms with Gasteiger partial charge in [-0.1, -0.05) is 11.2 Å². The molecule has 1 fully saturated rings. The molecule has 1 aromatic rings. The van der Waals surface area contributed by atoms with Gasteiger partial charge in [0.25, 0.3) is 0 Å². The van der Waals surface area contributed by atoms with Crippen LogP contribution in [0.4, 0.5) is 5.69 Å². The standard InChI is InChI=1S/C14H21N3O2S/c1-17(9-10-5-4-8-19-10)11-6-3-7-12(20-2)13(11)14(15)16-18/h3,6-7,10,18H,4-5,8-9H2,1-2H3,(H2,15,16). The summed E-state index contributed by atoms with van der Waals surface area (Å²) in [5, 5.41) is 12.2. The minimum absolute atomic E-state index is 0.143. The van der Waals surface area contributed by atoms with Gasteiger partial charge in [0.1, 0.15) is 0 Å². The predicted molar refractivity (Wildman–Crippen MR) is 83.0 cm³/mol. The zero-order valence-electron chi connectivity index (χ0n) is 11.9. The van der Waals surface area contributed by atoms with E-state index in [1.165, 1.54) is 0 Å². The van der Waals surface area contributed by atoms with E-state index in [9.17, 15) is 0 Å². The molecule has 3 N–H and O–H groups in total. The van der Waals surface area contributed by atoms with Crippen LogP contribution in [0.3, 0.4) is 0 Å². The van der Waals surface area contributed by atoms with E-state index in [4.69, 9.17) is 15.7 Å². The molecular weight excluding hydrogens is 274 g/mol. The zero-order valence-corrected chi connectivity index (χ0v) is 12.7. The summed E-state index contributed by atoms with van der Waals surface area (Å²) in [4.78, 5) is 3.11. The molecular formula is C14H21N3O2S. The summed E-state index contributed by atoms with van der Waals surface area (Å²) in [7, 11) is 2.01. The molecule has 0 bridgehead atoms. The first-order valence-electron chi connectivity index (χ1n) is 6.65. The first-order valence-corrected chi connectivity index (χ1v) is 7.87. The molecule has 1 aromatic carbocycles. The molecule has 2 rings (SSSR count). The van der Waals surface area contributed by atoms with Crippen LogP contribution in [-0.4, -0.2) is 43.6 Å². The predicted octanol–water partition coefficient (Wildman–Crippen LogP) is 2.12. The smallest absolute Gasteiger partial charge is 0.173 e. The van der Waals surface area contributed by atoms with Crippen LogP contribution in [0, 0.1) is 0 Å². The number of hydrogen-bond acceptors (Lipinski definition) is 5. The third-order valence-corrected chi connectivity index (χ3v) is 4.28. The number of anilines is 1. The summed E-state index contributed by atoms with van der Waals surface area (Å²) in [6.07, 6.45) is 4.45. The molecule has 0 spiro atoms. The highest BCUT2D eigenvalue weighted by molar-refractivity contribution is 7.98. The van der Waals surface area contributed by atoms with Crippen LogP contribution in [0.15, 0.2) is 28.3 Å². The van der Waals surface area contributed by atoms with Crippen molar-refractivity contribution >= 4 is 23.3 Å². The Morgan fingerprint density at radius 1 is 1.60 bits per heavy atom. The minimum Gasteiger partial charge on any atom is -0.409 e. The number of ether oxygens (including phenoxy) is 1. The lowest BCUT2D eigenvalue weighted by atomic mass is 10.1. The Labute approximate surface area is 123 Å². The number of hydrogen-bond donors (Lipinski definition) is 2. The quantitative estimate of drug-likeness (QED) is 0.286. The fourth-order valence-corrected chi connectivity index (χ4v) is 3.14. The average molecular weight is 295 g/mol. The highest BCUT2D eigenvalue weighted by Crippen LogP contribution is 2.29. The third-order valence-electron chi connectivity index (χ3n) is 3.50. The Bertz CT molecular complexity index is 487. The summed E-state index contributed by atoms with van der Waals surface area (Å²) < 4.78 is 5.67. The second kappa shape index (κ2) is 6.85. The summed E-state index contributed by atoms with van der Waals surface area (Å²) in [5.74, 6) is 0.143. The van der Waals surface area contributed by atoms with Gasteiger partial charge in [-0.05, 0) is 31.2 Å². The van der Waals surface area contributed by atoms with Gasteiger partial charge >= 0.3 is 0 Å². The summed E-state index contributed by atoms with van der Waals surface area (Å²) >= 11 is 1.58. The van der Waals surface area contributed by atoms with E-state index in [1.807, 2.05) is 31.5 Å². The van der Waals surface area contributed by atoms with Gasteiger partial charge in [-0.15, -0.1) is 11.8 Å². The lowest BCUT2D eigenvalue weighted by Gasteiger charge is -2.25. The lowest BCUT2D eigenvalue weighted by molar-refractivity contribution is 0.116. The molecule has 1 atom stereocenters. The van der Waals surface area contributed by atoms with Crippen LogP contribution in [-0.2, 0) is 4.74 Å². The van der Waals surface area contributed by atoms with Gasteiger partial charge in [0, 0.05) is 30.8 Å². The molecule has 0 radical (unpaired) electrons. The van der Waals surface area contributed by atoms with Crippen molar-refractivity contribution in [1.82, 2.24) is 0 Å². The van der Waals surface area contributed by atoms with Gasteiger partial charge in [0.2, 0.25) is 0 Å². The maximum Gasteiger partial charge on any atom is 0.173 e. The molecule has 1 heterocycles. The van der Waals surface area contributed by atoms with E-state index >= 15 is 0 Å². The monoisotopic (exact) mass is 295 g/mol. The normalized spacial score (nSPS) is 19.3. The van der Waals surface area contributed by atoms with Crippen LogP contribution in [0.5, 0.6) is 0 Å². The summed E-state index contributed by atoms with van der Waals surface area (Å²) in [6, 6.07) is 5.95. The largest absolute Gasteiger partial charge is 0.409 e. The molecule has 0 saturated carbocycles. The molecule has 1 saturated heterocycles. The fraction of sp³-hybridized carbons (Fsp3) is 0.500. The number of thioether (sulfide) groups is 1. The highest BCUT2D eigenvalue weighted by Gasteiger charge is 2.21. The van der Waals surface area contributed by atoms with Crippen LogP contribution in [0.25, 0.3) is 0 Å². The molecule has 1 unspecified atom stereocenters. The van der Waals surface area contributed by atoms with E-state index in [0.717, 1.165) is 42.1 Å². The number of nitrogens with two attached hydrogens (primary N) is 1. The van der Waals surface area contributed by atoms with E-state index < -0.39 is 0 Å². The van der Waals surface area contributed by atoms with Crippen molar-refractivity contribution in [3.05, 3.63) is 23.8 Å². The first kappa shape index (κ1) is 15.0. The zero-order chi connectivity index (χ0) is 14.5. The SMILES string of the molecule is CSc1cccc(N(C)CC2CCCO2)c1/C(N)=N/O. The van der Waals surface area contributed by atoms with Crippen molar-refractivity contribution in [2.45, 2.75) is 23.8 Å². The number of amidine groups is 1. The second-order valence-corrected chi connectivity index (χ2v) is 5.70. The highest BCUT2D eigenvalue weighted by atomic mass is 32.2. The lowest BCUT2D eigenvalue weighted by Crippen LogP contribution is -2.30. The third kappa shape index (κ3) is 3.19. The summed E-state index contributed by atoms with van der Waals surface area (Å²) in [5.41, 5.74) is 7.59. The second-order valence-electron chi connectivity index (χ2n) is 4.86. The molecule has 1 aliphatic rings. The van der Waals surface area contributed by atoms with Crippen molar-refractivity contribution in [1.29, 1.82) is 0 Å². The van der Waals surface area contributed by atoms with Crippen molar-refractivity contribution in [3.8, 4) is 0 Å². The number of nitrogens with zero attached hydrogens (tertiary/aromatic N) is 2. The van der Waals surface area contributed by atoms with E-state index in [-0.39, 0.29) is 11.9 Å². The van der Waals surface area contributed by atoms with Gasteiger partial charge in [0.15, 0.2) is 5.84 Å². The average Bonchev–Trinajstić information content (AvgIpc) is 2.98. The molecule has 0 aromatic heterocycles. The number of rotatable bonds is 5. The van der Waals surface area contributed by atoms with Gasteiger partial charge in [-0.25, -0.2) is 0 Å². The summed E-state index contributed by atoms with van der Waals surface area (Å²) in [6.45, 7) is 1.65. The Kier molecular flexibility index (Phi) is 5.14. The topological polar surface area (TPSA) is 71.1 Å². The van der Waals surface area contributed by atoms with E-state index in [2.05, 4.69) is 10.1 Å².